The molecule has 2 aliphatic rings. The summed E-state index contributed by atoms with van der Waals surface area (Å²) in [5.41, 5.74) is -0.838. The number of H-pyrrole nitrogens is 1. The topological polar surface area (TPSA) is 75.6 Å². The van der Waals surface area contributed by atoms with Crippen LogP contribution >= 0.6 is 11.6 Å². The first-order valence-electron chi connectivity index (χ1n) is 8.84. The van der Waals surface area contributed by atoms with E-state index in [-0.39, 0.29) is 35.3 Å². The molecule has 3 N–H and O–H groups in total. The van der Waals surface area contributed by atoms with Gasteiger partial charge in [-0.15, -0.1) is 0 Å². The number of hydrogen-bond acceptors (Lipinski definition) is 3. The quantitative estimate of drug-likeness (QED) is 0.784. The van der Waals surface area contributed by atoms with E-state index in [1.54, 1.807) is 0 Å². The zero-order valence-electron chi connectivity index (χ0n) is 14.5. The number of alkyl halides is 3. The van der Waals surface area contributed by atoms with Gasteiger partial charge in [-0.1, -0.05) is 11.6 Å². The molecule has 2 amide bonds. The number of aromatic nitrogens is 1. The van der Waals surface area contributed by atoms with Crippen molar-refractivity contribution in [2.24, 2.45) is 5.92 Å². The second-order valence-electron chi connectivity index (χ2n) is 6.90. The molecule has 0 unspecified atom stereocenters. The van der Waals surface area contributed by atoms with Crippen LogP contribution < -0.4 is 20.5 Å². The number of piperidine rings is 1. The zero-order chi connectivity index (χ0) is 19.6. The summed E-state index contributed by atoms with van der Waals surface area (Å²) in [5.74, 6) is -0.187. The number of carbonyl (C=O) groups is 2. The van der Waals surface area contributed by atoms with Gasteiger partial charge in [0.05, 0.1) is 25.2 Å². The number of hydrogen-bond donors (Lipinski definition) is 2. The first-order valence-corrected chi connectivity index (χ1v) is 9.22. The minimum Gasteiger partial charge on any atom is -0.352 e. The molecule has 1 saturated carbocycles. The Bertz CT molecular complexity index is 717. The lowest BCUT2D eigenvalue weighted by molar-refractivity contribution is -0.367. The van der Waals surface area contributed by atoms with Crippen molar-refractivity contribution < 1.29 is 27.7 Å². The molecule has 0 atom stereocenters. The van der Waals surface area contributed by atoms with Crippen LogP contribution in [0, 0.1) is 5.92 Å². The fraction of sp³-hybridized carbons (Fsp3) is 0.588. The fourth-order valence-electron chi connectivity index (χ4n) is 3.05. The van der Waals surface area contributed by atoms with E-state index < -0.39 is 11.7 Å². The molecule has 6 nitrogen and oxygen atoms in total. The van der Waals surface area contributed by atoms with Gasteiger partial charge >= 0.3 is 6.18 Å². The SMILES string of the molecule is O=C(CNC(=O)C1CCN(c2[nH+]cc(C(F)(F)F)cc2Cl)CC1)NC1CC1. The monoisotopic (exact) mass is 405 g/mol. The molecule has 1 saturated heterocycles. The highest BCUT2D eigenvalue weighted by Crippen LogP contribution is 2.33. The van der Waals surface area contributed by atoms with Crippen LogP contribution in [-0.4, -0.2) is 37.5 Å². The normalized spacial score (nSPS) is 18.3. The van der Waals surface area contributed by atoms with Crippen molar-refractivity contribution in [1.29, 1.82) is 0 Å². The third-order valence-corrected chi connectivity index (χ3v) is 5.04. The Labute approximate surface area is 159 Å². The van der Waals surface area contributed by atoms with E-state index >= 15 is 0 Å². The molecule has 0 radical (unpaired) electrons. The van der Waals surface area contributed by atoms with E-state index in [9.17, 15) is 22.8 Å². The molecule has 1 aliphatic heterocycles. The van der Waals surface area contributed by atoms with Crippen molar-refractivity contribution in [3.8, 4) is 0 Å². The van der Waals surface area contributed by atoms with E-state index in [0.29, 0.717) is 31.7 Å². The van der Waals surface area contributed by atoms with Crippen molar-refractivity contribution >= 4 is 29.2 Å². The number of anilines is 1. The zero-order valence-corrected chi connectivity index (χ0v) is 15.3. The lowest BCUT2D eigenvalue weighted by Crippen LogP contribution is -2.45. The number of amides is 2. The average molecular weight is 406 g/mol. The van der Waals surface area contributed by atoms with E-state index in [1.165, 1.54) is 0 Å². The lowest BCUT2D eigenvalue weighted by atomic mass is 9.96. The van der Waals surface area contributed by atoms with Crippen LogP contribution in [0.1, 0.15) is 31.2 Å². The maximum Gasteiger partial charge on any atom is 0.419 e. The largest absolute Gasteiger partial charge is 0.419 e. The van der Waals surface area contributed by atoms with Crippen molar-refractivity contribution in [1.82, 2.24) is 10.6 Å². The molecule has 1 aromatic heterocycles. The molecular formula is C17H21ClF3N4O2+. The average Bonchev–Trinajstić information content (AvgIpc) is 3.43. The highest BCUT2D eigenvalue weighted by molar-refractivity contribution is 6.32. The standard InChI is InChI=1S/C17H20ClF3N4O2/c18-13-7-11(17(19,20)21)8-22-15(13)25-5-3-10(4-6-25)16(27)23-9-14(26)24-12-1-2-12/h7-8,10,12H,1-6,9H2,(H,23,27)(H,24,26)/p+1. The molecule has 3 rings (SSSR count). The molecule has 0 spiro atoms. The van der Waals surface area contributed by atoms with Crippen molar-refractivity contribution in [3.63, 3.8) is 0 Å². The van der Waals surface area contributed by atoms with Gasteiger partial charge in [0.15, 0.2) is 0 Å². The number of aromatic amines is 1. The Morgan fingerprint density at radius 3 is 2.44 bits per heavy atom. The Hall–Kier alpha value is -2.03. The first-order chi connectivity index (χ1) is 12.7. The molecule has 148 valence electrons. The smallest absolute Gasteiger partial charge is 0.352 e. The molecule has 1 aliphatic carbocycles. The summed E-state index contributed by atoms with van der Waals surface area (Å²) in [5, 5.41) is 5.44. The third kappa shape index (κ3) is 5.24. The summed E-state index contributed by atoms with van der Waals surface area (Å²) >= 11 is 6.00. The van der Waals surface area contributed by atoms with E-state index in [1.807, 2.05) is 4.90 Å². The van der Waals surface area contributed by atoms with Gasteiger partial charge < -0.3 is 10.6 Å². The van der Waals surface area contributed by atoms with Crippen LogP contribution in [0.25, 0.3) is 0 Å². The van der Waals surface area contributed by atoms with Gasteiger partial charge in [-0.3, -0.25) is 14.5 Å². The molecular weight excluding hydrogens is 385 g/mol. The highest BCUT2D eigenvalue weighted by Gasteiger charge is 2.35. The Kier molecular flexibility index (Phi) is 5.78. The number of carbonyl (C=O) groups excluding carboxylic acids is 2. The van der Waals surface area contributed by atoms with Crippen LogP contribution in [0.2, 0.25) is 5.02 Å². The lowest BCUT2D eigenvalue weighted by Gasteiger charge is -2.27. The van der Waals surface area contributed by atoms with Gasteiger partial charge in [-0.25, -0.2) is 4.98 Å². The third-order valence-electron chi connectivity index (χ3n) is 4.75. The maximum atomic E-state index is 12.7. The number of nitrogens with one attached hydrogen (secondary N) is 3. The van der Waals surface area contributed by atoms with Crippen LogP contribution in [0.4, 0.5) is 19.0 Å². The van der Waals surface area contributed by atoms with E-state index in [0.717, 1.165) is 25.1 Å². The first kappa shape index (κ1) is 19.7. The molecule has 0 aromatic carbocycles. The second-order valence-corrected chi connectivity index (χ2v) is 7.31. The molecule has 1 aromatic rings. The van der Waals surface area contributed by atoms with Crippen molar-refractivity contribution in [3.05, 3.63) is 22.8 Å². The van der Waals surface area contributed by atoms with Gasteiger partial charge in [0, 0.05) is 12.0 Å². The van der Waals surface area contributed by atoms with Crippen molar-refractivity contribution in [2.75, 3.05) is 24.5 Å². The van der Waals surface area contributed by atoms with E-state index in [2.05, 4.69) is 15.6 Å². The van der Waals surface area contributed by atoms with Crippen LogP contribution in [0.15, 0.2) is 12.3 Å². The molecule has 2 heterocycles. The minimum absolute atomic E-state index is 0.00975. The highest BCUT2D eigenvalue weighted by atomic mass is 35.5. The van der Waals surface area contributed by atoms with Gasteiger partial charge in [-0.2, -0.15) is 13.2 Å². The minimum atomic E-state index is -4.46. The molecule has 2 fully saturated rings. The van der Waals surface area contributed by atoms with Crippen LogP contribution in [0.5, 0.6) is 0 Å². The summed E-state index contributed by atoms with van der Waals surface area (Å²) in [6.07, 6.45) is -0.542. The summed E-state index contributed by atoms with van der Waals surface area (Å²) in [6, 6.07) is 1.15. The second kappa shape index (κ2) is 7.92. The summed E-state index contributed by atoms with van der Waals surface area (Å²) < 4.78 is 38.2. The Morgan fingerprint density at radius 1 is 1.22 bits per heavy atom. The number of pyridine rings is 1. The van der Waals surface area contributed by atoms with Crippen molar-refractivity contribution in [2.45, 2.75) is 37.9 Å². The summed E-state index contributed by atoms with van der Waals surface area (Å²) in [7, 11) is 0. The predicted octanol–water partition coefficient (Wildman–Crippen LogP) is 1.78. The number of rotatable bonds is 5. The number of halogens is 4. The molecule has 0 bridgehead atoms. The molecule has 10 heteroatoms. The van der Waals surface area contributed by atoms with Crippen LogP contribution in [-0.2, 0) is 15.8 Å². The number of nitrogens with zero attached hydrogens (tertiary/aromatic N) is 1. The Balaban J connectivity index is 1.49. The van der Waals surface area contributed by atoms with E-state index in [4.69, 9.17) is 11.6 Å². The van der Waals surface area contributed by atoms with Gasteiger partial charge in [-0.05, 0) is 31.7 Å². The van der Waals surface area contributed by atoms with Gasteiger partial charge in [0.2, 0.25) is 11.8 Å². The summed E-state index contributed by atoms with van der Waals surface area (Å²) in [4.78, 5) is 28.3. The van der Waals surface area contributed by atoms with Gasteiger partial charge in [0.25, 0.3) is 5.82 Å². The van der Waals surface area contributed by atoms with Crippen LogP contribution in [0.3, 0.4) is 0 Å². The maximum absolute atomic E-state index is 12.7. The van der Waals surface area contributed by atoms with Gasteiger partial charge in [0.1, 0.15) is 11.2 Å². The Morgan fingerprint density at radius 2 is 1.89 bits per heavy atom. The fourth-order valence-corrected chi connectivity index (χ4v) is 3.34. The summed E-state index contributed by atoms with van der Waals surface area (Å²) in [6.45, 7) is 0.927. The predicted molar refractivity (Wildman–Crippen MR) is 92.1 cm³/mol. The molecule has 27 heavy (non-hydrogen) atoms.